The van der Waals surface area contributed by atoms with E-state index in [1.165, 1.54) is 23.3 Å². The molecule has 1 atom stereocenters. The lowest BCUT2D eigenvalue weighted by atomic mass is 10.1. The van der Waals surface area contributed by atoms with E-state index in [2.05, 4.69) is 30.4 Å². The van der Waals surface area contributed by atoms with Crippen LogP contribution in [0.2, 0.25) is 0 Å². The van der Waals surface area contributed by atoms with E-state index in [1.54, 1.807) is 11.3 Å². The first-order chi connectivity index (χ1) is 12.7. The predicted molar refractivity (Wildman–Crippen MR) is 105 cm³/mol. The number of amides is 1. The van der Waals surface area contributed by atoms with Gasteiger partial charge in [0.2, 0.25) is 0 Å². The molecule has 4 nitrogen and oxygen atoms in total. The summed E-state index contributed by atoms with van der Waals surface area (Å²) in [5, 5.41) is 3.51. The van der Waals surface area contributed by atoms with Gasteiger partial charge in [-0.1, -0.05) is 17.7 Å². The maximum absolute atomic E-state index is 12.8. The van der Waals surface area contributed by atoms with Gasteiger partial charge in [-0.25, -0.2) is 0 Å². The van der Waals surface area contributed by atoms with Crippen molar-refractivity contribution in [3.63, 3.8) is 0 Å². The van der Waals surface area contributed by atoms with Gasteiger partial charge in [-0.2, -0.15) is 0 Å². The van der Waals surface area contributed by atoms with Crippen LogP contribution in [0.4, 0.5) is 0 Å². The molecule has 2 fully saturated rings. The fourth-order valence-corrected chi connectivity index (χ4v) is 4.81. The van der Waals surface area contributed by atoms with Crippen LogP contribution >= 0.6 is 11.3 Å². The molecule has 1 aromatic heterocycles. The number of benzene rings is 1. The molecule has 0 bridgehead atoms. The summed E-state index contributed by atoms with van der Waals surface area (Å²) in [5.74, 6) is 1.10. The van der Waals surface area contributed by atoms with Gasteiger partial charge in [-0.05, 0) is 50.6 Å². The highest BCUT2D eigenvalue weighted by atomic mass is 32.1. The number of nitrogens with one attached hydrogen (secondary N) is 1. The van der Waals surface area contributed by atoms with E-state index >= 15 is 0 Å². The molecule has 138 valence electrons. The van der Waals surface area contributed by atoms with E-state index < -0.39 is 0 Å². The highest BCUT2D eigenvalue weighted by Crippen LogP contribution is 2.30. The highest BCUT2D eigenvalue weighted by Gasteiger charge is 2.26. The Hall–Kier alpha value is -1.85. The quantitative estimate of drug-likeness (QED) is 0.878. The Morgan fingerprint density at radius 3 is 2.58 bits per heavy atom. The number of thiophene rings is 1. The number of hydrogen-bond acceptors (Lipinski definition) is 4. The number of carbonyl (C=O) groups is 1. The summed E-state index contributed by atoms with van der Waals surface area (Å²) in [6.45, 7) is 4.70. The van der Waals surface area contributed by atoms with Crippen molar-refractivity contribution < 1.29 is 9.53 Å². The van der Waals surface area contributed by atoms with Crippen LogP contribution in [-0.4, -0.2) is 36.5 Å². The first kappa shape index (κ1) is 17.6. The predicted octanol–water partition coefficient (Wildman–Crippen LogP) is 4.16. The zero-order chi connectivity index (χ0) is 17.9. The van der Waals surface area contributed by atoms with E-state index in [1.807, 2.05) is 23.1 Å². The van der Waals surface area contributed by atoms with Gasteiger partial charge in [0.05, 0.1) is 4.88 Å². The minimum absolute atomic E-state index is 0.174. The maximum Gasteiger partial charge on any atom is 0.263 e. The Kier molecular flexibility index (Phi) is 5.27. The monoisotopic (exact) mass is 370 g/mol. The van der Waals surface area contributed by atoms with Gasteiger partial charge < -0.3 is 15.0 Å². The summed E-state index contributed by atoms with van der Waals surface area (Å²) in [5.41, 5.74) is 1.24. The van der Waals surface area contributed by atoms with Crippen molar-refractivity contribution in [2.45, 2.75) is 44.8 Å². The Morgan fingerprint density at radius 2 is 1.88 bits per heavy atom. The van der Waals surface area contributed by atoms with E-state index in [9.17, 15) is 4.79 Å². The standard InChI is InChI=1S/C21H26N2O2S/c1-15-4-6-16(7-5-15)25-17-10-13-23(14-11-17)21(24)20-9-8-19(26-20)18-3-2-12-22-18/h4-9,17-18,22H,2-3,10-14H2,1H3/t18-/m1/s1. The van der Waals surface area contributed by atoms with Crippen LogP contribution in [0.3, 0.4) is 0 Å². The summed E-state index contributed by atoms with van der Waals surface area (Å²) < 4.78 is 6.07. The van der Waals surface area contributed by atoms with E-state index in [-0.39, 0.29) is 12.0 Å². The molecule has 1 amide bonds. The molecule has 26 heavy (non-hydrogen) atoms. The molecule has 3 heterocycles. The van der Waals surface area contributed by atoms with Crippen LogP contribution in [0.1, 0.15) is 51.8 Å². The molecule has 2 saturated heterocycles. The normalized spacial score (nSPS) is 21.1. The van der Waals surface area contributed by atoms with Crippen molar-refractivity contribution in [1.82, 2.24) is 10.2 Å². The number of likely N-dealkylation sites (tertiary alicyclic amines) is 1. The Balaban J connectivity index is 1.31. The van der Waals surface area contributed by atoms with Crippen molar-refractivity contribution >= 4 is 17.2 Å². The van der Waals surface area contributed by atoms with Gasteiger partial charge in [0.1, 0.15) is 11.9 Å². The van der Waals surface area contributed by atoms with Crippen LogP contribution in [0.25, 0.3) is 0 Å². The molecule has 1 aromatic carbocycles. The second-order valence-electron chi connectivity index (χ2n) is 7.27. The van der Waals surface area contributed by atoms with Gasteiger partial charge in [-0.3, -0.25) is 4.79 Å². The summed E-state index contributed by atoms with van der Waals surface area (Å²) in [4.78, 5) is 16.9. The largest absolute Gasteiger partial charge is 0.490 e. The summed E-state index contributed by atoms with van der Waals surface area (Å²) in [6, 6.07) is 12.7. The third-order valence-corrected chi connectivity index (χ3v) is 6.48. The van der Waals surface area contributed by atoms with Crippen LogP contribution in [0.5, 0.6) is 5.75 Å². The van der Waals surface area contributed by atoms with Crippen molar-refractivity contribution in [3.8, 4) is 5.75 Å². The second kappa shape index (κ2) is 7.80. The smallest absolute Gasteiger partial charge is 0.263 e. The average molecular weight is 371 g/mol. The Morgan fingerprint density at radius 1 is 1.12 bits per heavy atom. The second-order valence-corrected chi connectivity index (χ2v) is 8.39. The molecule has 5 heteroatoms. The van der Waals surface area contributed by atoms with Crippen molar-refractivity contribution in [1.29, 1.82) is 0 Å². The lowest BCUT2D eigenvalue weighted by Crippen LogP contribution is -2.41. The number of piperidine rings is 1. The van der Waals surface area contributed by atoms with Crippen LogP contribution in [0, 0.1) is 6.92 Å². The number of rotatable bonds is 4. The molecular formula is C21H26N2O2S. The van der Waals surface area contributed by atoms with E-state index in [0.717, 1.165) is 43.1 Å². The third kappa shape index (κ3) is 3.94. The van der Waals surface area contributed by atoms with Crippen molar-refractivity contribution in [3.05, 3.63) is 51.7 Å². The first-order valence-corrected chi connectivity index (χ1v) is 10.4. The van der Waals surface area contributed by atoms with Crippen LogP contribution < -0.4 is 10.1 Å². The third-order valence-electron chi connectivity index (χ3n) is 5.29. The molecular weight excluding hydrogens is 344 g/mol. The molecule has 2 aliphatic rings. The van der Waals surface area contributed by atoms with Gasteiger partial charge in [0.25, 0.3) is 5.91 Å². The molecule has 0 spiro atoms. The maximum atomic E-state index is 12.8. The van der Waals surface area contributed by atoms with Gasteiger partial charge in [-0.15, -0.1) is 11.3 Å². The molecule has 0 aliphatic carbocycles. The summed E-state index contributed by atoms with van der Waals surface area (Å²) in [6.07, 6.45) is 4.38. The summed E-state index contributed by atoms with van der Waals surface area (Å²) in [7, 11) is 0. The fraction of sp³-hybridized carbons (Fsp3) is 0.476. The zero-order valence-electron chi connectivity index (χ0n) is 15.2. The first-order valence-electron chi connectivity index (χ1n) is 9.55. The number of nitrogens with zero attached hydrogens (tertiary/aromatic N) is 1. The zero-order valence-corrected chi connectivity index (χ0v) is 16.1. The topological polar surface area (TPSA) is 41.6 Å². The molecule has 2 aliphatic heterocycles. The molecule has 0 saturated carbocycles. The molecule has 0 unspecified atom stereocenters. The number of hydrogen-bond donors (Lipinski definition) is 1. The van der Waals surface area contributed by atoms with Crippen molar-refractivity contribution in [2.24, 2.45) is 0 Å². The van der Waals surface area contributed by atoms with E-state index in [0.29, 0.717) is 6.04 Å². The van der Waals surface area contributed by atoms with Crippen LogP contribution in [0.15, 0.2) is 36.4 Å². The van der Waals surface area contributed by atoms with Gasteiger partial charge in [0.15, 0.2) is 0 Å². The van der Waals surface area contributed by atoms with E-state index in [4.69, 9.17) is 4.74 Å². The number of aryl methyl sites for hydroxylation is 1. The molecule has 4 rings (SSSR count). The minimum atomic E-state index is 0.174. The lowest BCUT2D eigenvalue weighted by Gasteiger charge is -2.32. The fourth-order valence-electron chi connectivity index (χ4n) is 3.72. The number of carbonyl (C=O) groups excluding carboxylic acids is 1. The molecule has 0 radical (unpaired) electrons. The highest BCUT2D eigenvalue weighted by molar-refractivity contribution is 7.14. The van der Waals surface area contributed by atoms with Gasteiger partial charge >= 0.3 is 0 Å². The Labute approximate surface area is 159 Å². The average Bonchev–Trinajstić information content (AvgIpc) is 3.35. The SMILES string of the molecule is Cc1ccc(OC2CCN(C(=O)c3ccc([C@H]4CCCN4)s3)CC2)cc1. The molecule has 1 N–H and O–H groups in total. The summed E-state index contributed by atoms with van der Waals surface area (Å²) >= 11 is 1.65. The van der Waals surface area contributed by atoms with Crippen LogP contribution in [-0.2, 0) is 0 Å². The lowest BCUT2D eigenvalue weighted by molar-refractivity contribution is 0.0600. The van der Waals surface area contributed by atoms with Crippen molar-refractivity contribution in [2.75, 3.05) is 19.6 Å². The molecule has 2 aromatic rings. The Bertz CT molecular complexity index is 742. The number of ether oxygens (including phenoxy) is 1. The minimum Gasteiger partial charge on any atom is -0.490 e. The van der Waals surface area contributed by atoms with Gasteiger partial charge in [0, 0.05) is 36.9 Å².